The quantitative estimate of drug-likeness (QED) is 0.510. The van der Waals surface area contributed by atoms with Crippen molar-refractivity contribution in [1.29, 1.82) is 0 Å². The summed E-state index contributed by atoms with van der Waals surface area (Å²) in [6, 6.07) is 6.72. The van der Waals surface area contributed by atoms with Gasteiger partial charge in [-0.3, -0.25) is 0 Å². The molecule has 3 nitrogen and oxygen atoms in total. The van der Waals surface area contributed by atoms with Crippen LogP contribution in [0.4, 0.5) is 0 Å². The molecule has 1 aromatic carbocycles. The smallest absolute Gasteiger partial charge is 0.549 e. The van der Waals surface area contributed by atoms with Gasteiger partial charge in [0, 0.05) is 0 Å². The minimum Gasteiger partial charge on any atom is -0.549 e. The van der Waals surface area contributed by atoms with Crippen LogP contribution in [0.15, 0.2) is 24.3 Å². The van der Waals surface area contributed by atoms with Crippen LogP contribution in [-0.4, -0.2) is 16.9 Å². The number of halogens is 2. The SMILES string of the molecule is CCOc1ccc(C2(C(=O)[O-])CC2(Cl)Cl)cc1.[Na+]. The second-order valence-corrected chi connectivity index (χ2v) is 5.52. The number of alkyl halides is 2. The summed E-state index contributed by atoms with van der Waals surface area (Å²) in [7, 11) is 0. The molecule has 1 fully saturated rings. The molecule has 18 heavy (non-hydrogen) atoms. The van der Waals surface area contributed by atoms with Gasteiger partial charge in [0.1, 0.15) is 10.1 Å². The third-order valence-electron chi connectivity index (χ3n) is 2.99. The first-order valence-electron chi connectivity index (χ1n) is 5.26. The van der Waals surface area contributed by atoms with Gasteiger partial charge in [0.2, 0.25) is 0 Å². The van der Waals surface area contributed by atoms with Crippen molar-refractivity contribution in [1.82, 2.24) is 0 Å². The predicted molar refractivity (Wildman–Crippen MR) is 63.4 cm³/mol. The van der Waals surface area contributed by atoms with Crippen LogP contribution in [0.5, 0.6) is 5.75 Å². The van der Waals surface area contributed by atoms with E-state index in [1.54, 1.807) is 24.3 Å². The van der Waals surface area contributed by atoms with Crippen LogP contribution in [0.1, 0.15) is 18.9 Å². The van der Waals surface area contributed by atoms with Gasteiger partial charge in [-0.2, -0.15) is 0 Å². The molecule has 0 bridgehead atoms. The first kappa shape index (κ1) is 16.1. The van der Waals surface area contributed by atoms with E-state index in [0.717, 1.165) is 0 Å². The minimum absolute atomic E-state index is 0. The second-order valence-electron chi connectivity index (χ2n) is 4.03. The average molecular weight is 297 g/mol. The second kappa shape index (κ2) is 5.59. The molecule has 2 rings (SSSR count). The van der Waals surface area contributed by atoms with Gasteiger partial charge in [-0.05, 0) is 31.0 Å². The monoisotopic (exact) mass is 296 g/mol. The summed E-state index contributed by atoms with van der Waals surface area (Å²) in [4.78, 5) is 11.2. The van der Waals surface area contributed by atoms with E-state index < -0.39 is 15.7 Å². The number of carboxylic acids is 1. The maximum atomic E-state index is 11.2. The van der Waals surface area contributed by atoms with Crippen molar-refractivity contribution in [3.8, 4) is 5.75 Å². The number of rotatable bonds is 4. The van der Waals surface area contributed by atoms with E-state index in [9.17, 15) is 9.90 Å². The number of aliphatic carboxylic acids is 1. The minimum atomic E-state index is -1.29. The molecule has 1 aliphatic carbocycles. The number of benzene rings is 1. The Morgan fingerprint density at radius 2 is 1.89 bits per heavy atom. The van der Waals surface area contributed by atoms with Crippen molar-refractivity contribution < 1.29 is 44.2 Å². The fraction of sp³-hybridized carbons (Fsp3) is 0.417. The first-order chi connectivity index (χ1) is 7.94. The van der Waals surface area contributed by atoms with Crippen LogP contribution in [0, 0.1) is 0 Å². The Bertz CT molecular complexity index is 447. The van der Waals surface area contributed by atoms with Crippen LogP contribution in [0.25, 0.3) is 0 Å². The number of hydrogen-bond acceptors (Lipinski definition) is 3. The van der Waals surface area contributed by atoms with Gasteiger partial charge in [0.25, 0.3) is 0 Å². The van der Waals surface area contributed by atoms with Gasteiger partial charge in [0.15, 0.2) is 0 Å². The van der Waals surface area contributed by atoms with E-state index in [-0.39, 0.29) is 36.0 Å². The van der Waals surface area contributed by atoms with E-state index in [1.807, 2.05) is 6.92 Å². The van der Waals surface area contributed by atoms with Gasteiger partial charge in [0.05, 0.1) is 18.0 Å². The van der Waals surface area contributed by atoms with Crippen molar-refractivity contribution >= 4 is 29.2 Å². The predicted octanol–water partition coefficient (Wildman–Crippen LogP) is -1.35. The number of carbonyl (C=O) groups excluding carboxylic acids is 1. The Morgan fingerprint density at radius 3 is 2.22 bits per heavy atom. The molecule has 1 unspecified atom stereocenters. The fourth-order valence-electron chi connectivity index (χ4n) is 1.94. The zero-order valence-electron chi connectivity index (χ0n) is 10.2. The summed E-state index contributed by atoms with van der Waals surface area (Å²) >= 11 is 11.8. The standard InChI is InChI=1S/C12H12Cl2O3.Na/c1-2-17-9-5-3-8(4-6-9)11(10(15)16)7-12(11,13)14;/h3-6H,2,7H2,1H3,(H,15,16);/q;+1/p-1. The van der Waals surface area contributed by atoms with Gasteiger partial charge in [-0.15, -0.1) is 23.2 Å². The third-order valence-corrected chi connectivity index (χ3v) is 3.91. The molecule has 92 valence electrons. The number of hydrogen-bond donors (Lipinski definition) is 0. The zero-order chi connectivity index (χ0) is 12.7. The van der Waals surface area contributed by atoms with Gasteiger partial charge in [-0.1, -0.05) is 12.1 Å². The van der Waals surface area contributed by atoms with Crippen LogP contribution in [-0.2, 0) is 10.2 Å². The molecule has 0 aliphatic heterocycles. The molecule has 0 N–H and O–H groups in total. The summed E-state index contributed by atoms with van der Waals surface area (Å²) in [5.41, 5.74) is -0.744. The zero-order valence-corrected chi connectivity index (χ0v) is 13.7. The molecule has 6 heteroatoms. The molecule has 1 saturated carbocycles. The topological polar surface area (TPSA) is 49.4 Å². The Morgan fingerprint density at radius 1 is 1.39 bits per heavy atom. The van der Waals surface area contributed by atoms with Crippen molar-refractivity contribution in [2.45, 2.75) is 23.1 Å². The molecule has 0 saturated heterocycles. The third kappa shape index (κ3) is 2.52. The normalized spacial score (nSPS) is 23.9. The molecule has 0 spiro atoms. The summed E-state index contributed by atoms with van der Waals surface area (Å²) in [6.45, 7) is 2.43. The largest absolute Gasteiger partial charge is 1.00 e. The molecule has 1 aromatic rings. The number of carbonyl (C=O) groups is 1. The van der Waals surface area contributed by atoms with Crippen LogP contribution in [0.2, 0.25) is 0 Å². The average Bonchev–Trinajstić information content (AvgIpc) is 2.85. The van der Waals surface area contributed by atoms with Crippen molar-refractivity contribution in [3.05, 3.63) is 29.8 Å². The van der Waals surface area contributed by atoms with E-state index in [4.69, 9.17) is 27.9 Å². The van der Waals surface area contributed by atoms with E-state index in [1.165, 1.54) is 0 Å². The van der Waals surface area contributed by atoms with Gasteiger partial charge >= 0.3 is 29.6 Å². The van der Waals surface area contributed by atoms with Crippen molar-refractivity contribution in [3.63, 3.8) is 0 Å². The van der Waals surface area contributed by atoms with E-state index in [2.05, 4.69) is 0 Å². The summed E-state index contributed by atoms with van der Waals surface area (Å²) in [5, 5.41) is 11.2. The Kier molecular flexibility index (Phi) is 5.01. The van der Waals surface area contributed by atoms with E-state index in [0.29, 0.717) is 17.9 Å². The van der Waals surface area contributed by atoms with Gasteiger partial charge in [-0.25, -0.2) is 0 Å². The Hall–Kier alpha value is 0.0700. The Labute approximate surface area is 138 Å². The van der Waals surface area contributed by atoms with Crippen LogP contribution < -0.4 is 39.4 Å². The number of carboxylic acid groups (broad SMARTS) is 1. The summed E-state index contributed by atoms with van der Waals surface area (Å²) in [6.07, 6.45) is 0.166. The van der Waals surface area contributed by atoms with Crippen molar-refractivity contribution in [2.24, 2.45) is 0 Å². The number of ether oxygens (including phenoxy) is 1. The molecule has 0 aromatic heterocycles. The van der Waals surface area contributed by atoms with Crippen LogP contribution in [0.3, 0.4) is 0 Å². The molecule has 0 radical (unpaired) electrons. The molecule has 1 atom stereocenters. The van der Waals surface area contributed by atoms with Crippen LogP contribution >= 0.6 is 23.2 Å². The molecule has 0 amide bonds. The first-order valence-corrected chi connectivity index (χ1v) is 6.02. The Balaban J connectivity index is 0.00000162. The molecular weight excluding hydrogens is 286 g/mol. The molecule has 0 heterocycles. The summed E-state index contributed by atoms with van der Waals surface area (Å²) < 4.78 is 4.00. The molecule has 1 aliphatic rings. The summed E-state index contributed by atoms with van der Waals surface area (Å²) in [5.74, 6) is -0.563. The van der Waals surface area contributed by atoms with E-state index >= 15 is 0 Å². The maximum absolute atomic E-state index is 11.2. The van der Waals surface area contributed by atoms with Gasteiger partial charge < -0.3 is 14.6 Å². The molecular formula is C12H11Cl2NaO3. The maximum Gasteiger partial charge on any atom is 1.00 e. The van der Waals surface area contributed by atoms with Crippen molar-refractivity contribution in [2.75, 3.05) is 6.61 Å². The fourth-order valence-corrected chi connectivity index (χ4v) is 2.72.